The summed E-state index contributed by atoms with van der Waals surface area (Å²) in [5.41, 5.74) is 2.84. The van der Waals surface area contributed by atoms with Gasteiger partial charge in [0.2, 0.25) is 11.8 Å². The Morgan fingerprint density at radius 3 is 2.61 bits per heavy atom. The van der Waals surface area contributed by atoms with E-state index in [2.05, 4.69) is 47.6 Å². The van der Waals surface area contributed by atoms with E-state index in [1.807, 2.05) is 29.2 Å². The van der Waals surface area contributed by atoms with E-state index in [0.717, 1.165) is 86.9 Å². The molecule has 1 spiro atoms. The van der Waals surface area contributed by atoms with E-state index in [0.29, 0.717) is 38.1 Å². The van der Waals surface area contributed by atoms with Crippen LogP contribution in [0.15, 0.2) is 48.5 Å². The van der Waals surface area contributed by atoms with Crippen molar-refractivity contribution in [2.45, 2.75) is 84.2 Å². The van der Waals surface area contributed by atoms with Crippen LogP contribution in [-0.2, 0) is 29.0 Å². The topological polar surface area (TPSA) is 67.7 Å². The fourth-order valence-electron chi connectivity index (χ4n) is 7.21. The minimum Gasteiger partial charge on any atom is -0.491 e. The number of likely N-dealkylation sites (tertiary alicyclic amines) is 1. The van der Waals surface area contributed by atoms with Crippen molar-refractivity contribution in [3.63, 3.8) is 0 Å². The third-order valence-electron chi connectivity index (χ3n) is 9.54. The van der Waals surface area contributed by atoms with Gasteiger partial charge in [-0.15, -0.1) is 0 Å². The van der Waals surface area contributed by atoms with Crippen LogP contribution < -0.4 is 4.74 Å². The number of benzene rings is 2. The molecule has 0 aliphatic carbocycles. The summed E-state index contributed by atoms with van der Waals surface area (Å²) < 4.78 is 8.41. The van der Waals surface area contributed by atoms with E-state index in [4.69, 9.17) is 9.72 Å². The number of amides is 2. The predicted molar refractivity (Wildman–Crippen MR) is 161 cm³/mol. The number of carbonyl (C=O) groups is 2. The zero-order valence-corrected chi connectivity index (χ0v) is 24.7. The number of imidazole rings is 1. The maximum atomic E-state index is 14.2. The number of hydrogen-bond donors (Lipinski definition) is 0. The molecule has 1 atom stereocenters. The lowest BCUT2D eigenvalue weighted by atomic mass is 9.73. The molecule has 6 rings (SSSR count). The molecule has 2 aromatic carbocycles. The molecule has 218 valence electrons. The Hall–Kier alpha value is -3.35. The highest BCUT2D eigenvalue weighted by Gasteiger charge is 2.46. The largest absolute Gasteiger partial charge is 0.491 e. The second-order valence-electron chi connectivity index (χ2n) is 12.8. The van der Waals surface area contributed by atoms with Gasteiger partial charge in [0.25, 0.3) is 0 Å². The van der Waals surface area contributed by atoms with Gasteiger partial charge in [0.05, 0.1) is 22.5 Å². The normalized spacial score (nSPS) is 21.3. The van der Waals surface area contributed by atoms with Gasteiger partial charge >= 0.3 is 0 Å². The number of ether oxygens (including phenoxy) is 1. The highest BCUT2D eigenvalue weighted by molar-refractivity contribution is 5.85. The van der Waals surface area contributed by atoms with E-state index in [1.54, 1.807) is 0 Å². The molecule has 2 fully saturated rings. The highest BCUT2D eigenvalue weighted by Crippen LogP contribution is 2.41. The lowest BCUT2D eigenvalue weighted by Gasteiger charge is -2.44. The summed E-state index contributed by atoms with van der Waals surface area (Å²) in [7, 11) is 0. The van der Waals surface area contributed by atoms with Crippen molar-refractivity contribution in [2.24, 2.45) is 11.3 Å². The Balaban J connectivity index is 1.18. The van der Waals surface area contributed by atoms with E-state index >= 15 is 0 Å². The van der Waals surface area contributed by atoms with Gasteiger partial charge < -0.3 is 19.1 Å². The SMILES string of the molecule is CC(C)Cc1nc2ccccc2n1CC(=O)N1CCC2(CCCCc3ccccc3OC[C@@H]3CCCN3C2=O)CC1. The lowest BCUT2D eigenvalue weighted by molar-refractivity contribution is -0.150. The summed E-state index contributed by atoms with van der Waals surface area (Å²) in [6.45, 7) is 7.31. The zero-order valence-electron chi connectivity index (χ0n) is 24.7. The standard InChI is InChI=1S/C34H44N4O3/c1-25(2)22-31-35-28-13-4-5-14-29(28)38(31)23-32(39)36-20-17-34(18-21-36)16-8-7-11-26-10-3-6-15-30(26)41-24-27-12-9-19-37(27)33(34)40/h3-6,10,13-15,25,27H,7-9,11-12,16-24H2,1-2H3/t27-/m0/s1. The first kappa shape index (κ1) is 27.8. The number of carbonyl (C=O) groups excluding carboxylic acids is 2. The van der Waals surface area contributed by atoms with Gasteiger partial charge in [-0.25, -0.2) is 4.98 Å². The first-order valence-electron chi connectivity index (χ1n) is 15.7. The molecule has 2 amide bonds. The summed E-state index contributed by atoms with van der Waals surface area (Å²) in [5, 5.41) is 0. The minimum atomic E-state index is -0.386. The predicted octanol–water partition coefficient (Wildman–Crippen LogP) is 5.64. The third-order valence-corrected chi connectivity index (χ3v) is 9.54. The highest BCUT2D eigenvalue weighted by atomic mass is 16.5. The summed E-state index contributed by atoms with van der Waals surface area (Å²) in [5.74, 6) is 2.82. The van der Waals surface area contributed by atoms with E-state index in [9.17, 15) is 9.59 Å². The second-order valence-corrected chi connectivity index (χ2v) is 12.8. The van der Waals surface area contributed by atoms with Gasteiger partial charge in [0.15, 0.2) is 0 Å². The Morgan fingerprint density at radius 2 is 1.78 bits per heavy atom. The molecule has 3 aromatic rings. The summed E-state index contributed by atoms with van der Waals surface area (Å²) in [6.07, 6.45) is 8.24. The molecule has 2 saturated heterocycles. The molecule has 0 radical (unpaired) electrons. The second kappa shape index (κ2) is 11.9. The monoisotopic (exact) mass is 556 g/mol. The van der Waals surface area contributed by atoms with Crippen molar-refractivity contribution in [3.05, 3.63) is 59.9 Å². The molecule has 0 unspecified atom stereocenters. The van der Waals surface area contributed by atoms with Crippen molar-refractivity contribution in [1.82, 2.24) is 19.4 Å². The average Bonchev–Trinajstić information content (AvgIpc) is 3.58. The molecule has 3 aliphatic heterocycles. The van der Waals surface area contributed by atoms with Gasteiger partial charge in [-0.05, 0) is 74.6 Å². The fraction of sp³-hybridized carbons (Fsp3) is 0.559. The van der Waals surface area contributed by atoms with Crippen molar-refractivity contribution in [2.75, 3.05) is 26.2 Å². The number of hydrogen-bond acceptors (Lipinski definition) is 4. The Morgan fingerprint density at radius 1 is 1.00 bits per heavy atom. The fourth-order valence-corrected chi connectivity index (χ4v) is 7.21. The van der Waals surface area contributed by atoms with Crippen molar-refractivity contribution in [3.8, 4) is 5.75 Å². The van der Waals surface area contributed by atoms with Crippen LogP contribution in [0, 0.1) is 11.3 Å². The average molecular weight is 557 g/mol. The Labute approximate surface area is 243 Å². The molecule has 3 aliphatic rings. The number of para-hydroxylation sites is 3. The minimum absolute atomic E-state index is 0.123. The number of piperidine rings is 1. The Bertz CT molecular complexity index is 1390. The smallest absolute Gasteiger partial charge is 0.242 e. The number of aromatic nitrogens is 2. The molecule has 0 saturated carbocycles. The summed E-state index contributed by atoms with van der Waals surface area (Å²) in [4.78, 5) is 36.9. The van der Waals surface area contributed by atoms with Crippen LogP contribution in [0.1, 0.15) is 70.2 Å². The summed E-state index contributed by atoms with van der Waals surface area (Å²) in [6, 6.07) is 16.6. The quantitative estimate of drug-likeness (QED) is 0.417. The number of nitrogens with zero attached hydrogens (tertiary/aromatic N) is 4. The van der Waals surface area contributed by atoms with E-state index < -0.39 is 0 Å². The van der Waals surface area contributed by atoms with E-state index in [1.165, 1.54) is 5.56 Å². The molecular formula is C34H44N4O3. The first-order chi connectivity index (χ1) is 19.9. The van der Waals surface area contributed by atoms with Crippen molar-refractivity contribution < 1.29 is 14.3 Å². The van der Waals surface area contributed by atoms with Crippen LogP contribution >= 0.6 is 0 Å². The van der Waals surface area contributed by atoms with Crippen LogP contribution in [0.5, 0.6) is 5.75 Å². The van der Waals surface area contributed by atoms with Gasteiger partial charge in [-0.2, -0.15) is 0 Å². The van der Waals surface area contributed by atoms with Crippen LogP contribution in [0.2, 0.25) is 0 Å². The number of rotatable bonds is 4. The zero-order chi connectivity index (χ0) is 28.4. The van der Waals surface area contributed by atoms with E-state index in [-0.39, 0.29) is 17.4 Å². The number of fused-ring (bicyclic) bond motifs is 3. The first-order valence-corrected chi connectivity index (χ1v) is 15.7. The lowest BCUT2D eigenvalue weighted by Crippen LogP contribution is -2.53. The molecule has 0 N–H and O–H groups in total. The number of aryl methyl sites for hydroxylation is 1. The van der Waals surface area contributed by atoms with Gasteiger partial charge in [-0.1, -0.05) is 50.6 Å². The maximum absolute atomic E-state index is 14.2. The van der Waals surface area contributed by atoms with Crippen molar-refractivity contribution in [1.29, 1.82) is 0 Å². The molecule has 7 nitrogen and oxygen atoms in total. The summed E-state index contributed by atoms with van der Waals surface area (Å²) >= 11 is 0. The van der Waals surface area contributed by atoms with Crippen LogP contribution in [0.25, 0.3) is 11.0 Å². The van der Waals surface area contributed by atoms with Crippen LogP contribution in [0.3, 0.4) is 0 Å². The van der Waals surface area contributed by atoms with Crippen LogP contribution in [-0.4, -0.2) is 63.4 Å². The van der Waals surface area contributed by atoms with Crippen LogP contribution in [0.4, 0.5) is 0 Å². The van der Waals surface area contributed by atoms with Crippen molar-refractivity contribution >= 4 is 22.8 Å². The molecule has 1 aromatic heterocycles. The Kier molecular flexibility index (Phi) is 8.05. The maximum Gasteiger partial charge on any atom is 0.242 e. The van der Waals surface area contributed by atoms with Gasteiger partial charge in [-0.3, -0.25) is 9.59 Å². The molecule has 4 heterocycles. The molecule has 0 bridgehead atoms. The van der Waals surface area contributed by atoms with Gasteiger partial charge in [0, 0.05) is 26.1 Å². The molecule has 41 heavy (non-hydrogen) atoms. The van der Waals surface area contributed by atoms with Gasteiger partial charge in [0.1, 0.15) is 24.7 Å². The molecular weight excluding hydrogens is 512 g/mol. The molecule has 7 heteroatoms. The third kappa shape index (κ3) is 5.73.